The predicted octanol–water partition coefficient (Wildman–Crippen LogP) is 0.733. The van der Waals surface area contributed by atoms with Crippen molar-refractivity contribution in [3.63, 3.8) is 0 Å². The fourth-order valence-electron chi connectivity index (χ4n) is 2.21. The fourth-order valence-corrected chi connectivity index (χ4v) is 2.21. The normalized spacial score (nSPS) is 18.8. The van der Waals surface area contributed by atoms with Gasteiger partial charge in [-0.05, 0) is 18.8 Å². The highest BCUT2D eigenvalue weighted by atomic mass is 16.2. The molecule has 1 rings (SSSR count). The first-order chi connectivity index (χ1) is 8.82. The van der Waals surface area contributed by atoms with Crippen LogP contribution in [-0.4, -0.2) is 41.9 Å². The number of hydrogen-bond acceptors (Lipinski definition) is 3. The molecule has 0 radical (unpaired) electrons. The molecular formula is C14H27N3O2. The van der Waals surface area contributed by atoms with E-state index in [0.717, 1.165) is 25.9 Å². The minimum atomic E-state index is -0.449. The number of nitrogens with one attached hydrogen (secondary N) is 1. The summed E-state index contributed by atoms with van der Waals surface area (Å²) in [5, 5.41) is 2.99. The van der Waals surface area contributed by atoms with Gasteiger partial charge in [0.15, 0.2) is 0 Å². The van der Waals surface area contributed by atoms with E-state index in [1.54, 1.807) is 0 Å². The van der Waals surface area contributed by atoms with Crippen LogP contribution in [0.1, 0.15) is 40.5 Å². The molecule has 0 saturated carbocycles. The van der Waals surface area contributed by atoms with E-state index in [1.807, 2.05) is 32.6 Å². The lowest BCUT2D eigenvalue weighted by molar-refractivity contribution is -0.135. The van der Waals surface area contributed by atoms with E-state index < -0.39 is 6.04 Å². The quantitative estimate of drug-likeness (QED) is 0.790. The highest BCUT2D eigenvalue weighted by molar-refractivity contribution is 5.82. The summed E-state index contributed by atoms with van der Waals surface area (Å²) >= 11 is 0. The van der Waals surface area contributed by atoms with Gasteiger partial charge in [-0.2, -0.15) is 0 Å². The smallest absolute Gasteiger partial charge is 0.237 e. The summed E-state index contributed by atoms with van der Waals surface area (Å²) < 4.78 is 0. The molecule has 5 nitrogen and oxygen atoms in total. The van der Waals surface area contributed by atoms with Crippen molar-refractivity contribution in [1.29, 1.82) is 0 Å². The molecule has 5 heteroatoms. The predicted molar refractivity (Wildman–Crippen MR) is 75.4 cm³/mol. The second-order valence-electron chi connectivity index (χ2n) is 6.03. The summed E-state index contributed by atoms with van der Waals surface area (Å²) in [6, 6.07) is -0.302. The number of nitrogens with zero attached hydrogens (tertiary/aromatic N) is 1. The highest BCUT2D eigenvalue weighted by Gasteiger charge is 2.26. The molecule has 1 saturated heterocycles. The van der Waals surface area contributed by atoms with Gasteiger partial charge >= 0.3 is 0 Å². The molecule has 1 aliphatic heterocycles. The van der Waals surface area contributed by atoms with Gasteiger partial charge in [-0.1, -0.05) is 27.7 Å². The van der Waals surface area contributed by atoms with Crippen molar-refractivity contribution in [3.05, 3.63) is 0 Å². The average Bonchev–Trinajstić information content (AvgIpc) is 2.37. The van der Waals surface area contributed by atoms with Gasteiger partial charge < -0.3 is 16.0 Å². The van der Waals surface area contributed by atoms with E-state index in [0.29, 0.717) is 0 Å². The third kappa shape index (κ3) is 4.49. The van der Waals surface area contributed by atoms with Crippen LogP contribution >= 0.6 is 0 Å². The second-order valence-corrected chi connectivity index (χ2v) is 6.03. The van der Waals surface area contributed by atoms with Crippen LogP contribution in [0.3, 0.4) is 0 Å². The largest absolute Gasteiger partial charge is 0.352 e. The van der Waals surface area contributed by atoms with Crippen LogP contribution in [0.4, 0.5) is 0 Å². The average molecular weight is 269 g/mol. The van der Waals surface area contributed by atoms with Crippen LogP contribution in [0.15, 0.2) is 0 Å². The zero-order valence-corrected chi connectivity index (χ0v) is 12.5. The third-order valence-electron chi connectivity index (χ3n) is 3.67. The standard InChI is InChI=1S/C14H27N3O2/c1-9(2)12(15)13(18)16-11-5-7-17(8-6-11)14(19)10(3)4/h9-12H,5-8,15H2,1-4H3,(H,16,18)/t12-/m1/s1. The van der Waals surface area contributed by atoms with Gasteiger partial charge in [-0.3, -0.25) is 9.59 Å². The second kappa shape index (κ2) is 6.89. The Kier molecular flexibility index (Phi) is 5.79. The van der Waals surface area contributed by atoms with Crippen molar-refractivity contribution in [3.8, 4) is 0 Å². The minimum absolute atomic E-state index is 0.0421. The summed E-state index contributed by atoms with van der Waals surface area (Å²) in [5.41, 5.74) is 5.82. The Morgan fingerprint density at radius 1 is 1.16 bits per heavy atom. The van der Waals surface area contributed by atoms with Crippen molar-refractivity contribution in [1.82, 2.24) is 10.2 Å². The molecular weight excluding hydrogens is 242 g/mol. The van der Waals surface area contributed by atoms with Gasteiger partial charge in [0.1, 0.15) is 0 Å². The summed E-state index contributed by atoms with van der Waals surface area (Å²) in [7, 11) is 0. The van der Waals surface area contributed by atoms with Crippen LogP contribution in [0.2, 0.25) is 0 Å². The first-order valence-electron chi connectivity index (χ1n) is 7.17. The van der Waals surface area contributed by atoms with Gasteiger partial charge in [0.2, 0.25) is 11.8 Å². The Bertz CT molecular complexity index is 321. The molecule has 0 bridgehead atoms. The van der Waals surface area contributed by atoms with Crippen molar-refractivity contribution in [2.45, 2.75) is 52.6 Å². The van der Waals surface area contributed by atoms with Gasteiger partial charge in [-0.25, -0.2) is 0 Å². The van der Waals surface area contributed by atoms with Gasteiger partial charge in [-0.15, -0.1) is 0 Å². The fraction of sp³-hybridized carbons (Fsp3) is 0.857. The Morgan fingerprint density at radius 2 is 1.68 bits per heavy atom. The van der Waals surface area contributed by atoms with E-state index in [1.165, 1.54) is 0 Å². The van der Waals surface area contributed by atoms with Gasteiger partial charge in [0.05, 0.1) is 6.04 Å². The molecule has 19 heavy (non-hydrogen) atoms. The van der Waals surface area contributed by atoms with Crippen molar-refractivity contribution in [2.75, 3.05) is 13.1 Å². The molecule has 1 atom stereocenters. The number of rotatable bonds is 4. The molecule has 2 amide bonds. The lowest BCUT2D eigenvalue weighted by Gasteiger charge is -2.34. The van der Waals surface area contributed by atoms with E-state index >= 15 is 0 Å². The molecule has 110 valence electrons. The topological polar surface area (TPSA) is 75.4 Å². The van der Waals surface area contributed by atoms with Crippen molar-refractivity contribution < 1.29 is 9.59 Å². The molecule has 1 aliphatic rings. The zero-order valence-electron chi connectivity index (χ0n) is 12.5. The summed E-state index contributed by atoms with van der Waals surface area (Å²) in [5.74, 6) is 0.301. The lowest BCUT2D eigenvalue weighted by Crippen LogP contribution is -2.52. The SMILES string of the molecule is CC(C)C(=O)N1CCC(NC(=O)[C@H](N)C(C)C)CC1. The number of piperidine rings is 1. The molecule has 0 spiro atoms. The number of carbonyl (C=O) groups is 2. The van der Waals surface area contributed by atoms with Crippen molar-refractivity contribution in [2.24, 2.45) is 17.6 Å². The Labute approximate surface area is 115 Å². The van der Waals surface area contributed by atoms with Crippen LogP contribution in [-0.2, 0) is 9.59 Å². The maximum absolute atomic E-state index is 11.9. The molecule has 0 aliphatic carbocycles. The molecule has 0 aromatic carbocycles. The van der Waals surface area contributed by atoms with E-state index in [4.69, 9.17) is 5.73 Å². The van der Waals surface area contributed by atoms with Gasteiger partial charge in [0, 0.05) is 25.0 Å². The number of hydrogen-bond donors (Lipinski definition) is 2. The van der Waals surface area contributed by atoms with Crippen LogP contribution in [0, 0.1) is 11.8 Å². The first-order valence-corrected chi connectivity index (χ1v) is 7.17. The van der Waals surface area contributed by atoms with Crippen LogP contribution in [0.25, 0.3) is 0 Å². The minimum Gasteiger partial charge on any atom is -0.352 e. The molecule has 1 heterocycles. The van der Waals surface area contributed by atoms with Crippen molar-refractivity contribution >= 4 is 11.8 Å². The Morgan fingerprint density at radius 3 is 2.11 bits per heavy atom. The molecule has 0 aromatic rings. The monoisotopic (exact) mass is 269 g/mol. The number of nitrogens with two attached hydrogens (primary N) is 1. The first kappa shape index (κ1) is 16.0. The summed E-state index contributed by atoms with van der Waals surface area (Å²) in [4.78, 5) is 25.6. The Hall–Kier alpha value is -1.10. The molecule has 0 aromatic heterocycles. The highest BCUT2D eigenvalue weighted by Crippen LogP contribution is 2.13. The molecule has 1 fully saturated rings. The lowest BCUT2D eigenvalue weighted by atomic mass is 10.0. The van der Waals surface area contributed by atoms with Gasteiger partial charge in [0.25, 0.3) is 0 Å². The molecule has 3 N–H and O–H groups in total. The third-order valence-corrected chi connectivity index (χ3v) is 3.67. The molecule has 0 unspecified atom stereocenters. The summed E-state index contributed by atoms with van der Waals surface area (Å²) in [6.07, 6.45) is 1.63. The van der Waals surface area contributed by atoms with Crippen LogP contribution in [0.5, 0.6) is 0 Å². The van der Waals surface area contributed by atoms with E-state index in [-0.39, 0.29) is 29.7 Å². The number of amides is 2. The maximum atomic E-state index is 11.9. The number of carbonyl (C=O) groups excluding carboxylic acids is 2. The van der Waals surface area contributed by atoms with E-state index in [2.05, 4.69) is 5.32 Å². The zero-order chi connectivity index (χ0) is 14.6. The Balaban J connectivity index is 2.38. The maximum Gasteiger partial charge on any atom is 0.237 e. The van der Waals surface area contributed by atoms with Crippen LogP contribution < -0.4 is 11.1 Å². The number of likely N-dealkylation sites (tertiary alicyclic amines) is 1. The summed E-state index contributed by atoms with van der Waals surface area (Å²) in [6.45, 7) is 9.15. The van der Waals surface area contributed by atoms with E-state index in [9.17, 15) is 9.59 Å².